The Balaban J connectivity index is 1.99. The Labute approximate surface area is 111 Å². The van der Waals surface area contributed by atoms with Crippen molar-refractivity contribution >= 4 is 28.2 Å². The van der Waals surface area contributed by atoms with Gasteiger partial charge in [0.05, 0.1) is 18.2 Å². The van der Waals surface area contributed by atoms with E-state index in [1.54, 1.807) is 13.3 Å². The lowest BCUT2D eigenvalue weighted by atomic mass is 10.2. The van der Waals surface area contributed by atoms with Crippen molar-refractivity contribution in [2.24, 2.45) is 0 Å². The van der Waals surface area contributed by atoms with Crippen molar-refractivity contribution in [1.29, 1.82) is 0 Å². The number of hydrogen-bond donors (Lipinski definition) is 1. The summed E-state index contributed by atoms with van der Waals surface area (Å²) in [6.45, 7) is 1.31. The first kappa shape index (κ1) is 13.1. The number of nitrogens with one attached hydrogen (secondary N) is 1. The molecule has 18 heavy (non-hydrogen) atoms. The van der Waals surface area contributed by atoms with Gasteiger partial charge in [0.1, 0.15) is 0 Å². The molecule has 0 aliphatic carbocycles. The van der Waals surface area contributed by atoms with E-state index in [1.807, 2.05) is 24.3 Å². The molecule has 0 bridgehead atoms. The highest BCUT2D eigenvalue weighted by Crippen LogP contribution is 2.19. The number of anilines is 1. The van der Waals surface area contributed by atoms with Gasteiger partial charge in [-0.15, -0.1) is 16.7 Å². The van der Waals surface area contributed by atoms with Crippen LogP contribution in [0.3, 0.4) is 0 Å². The van der Waals surface area contributed by atoms with E-state index >= 15 is 0 Å². The van der Waals surface area contributed by atoms with Crippen LogP contribution in [-0.4, -0.2) is 35.8 Å². The SMILES string of the molecule is COCC(Cl)CCNc1nncc2ccccc12. The lowest BCUT2D eigenvalue weighted by molar-refractivity contribution is 0.196. The van der Waals surface area contributed by atoms with Gasteiger partial charge in [-0.3, -0.25) is 0 Å². The third-order valence-corrected chi connectivity index (χ3v) is 3.01. The Hall–Kier alpha value is -1.39. The van der Waals surface area contributed by atoms with Crippen molar-refractivity contribution in [3.05, 3.63) is 30.5 Å². The van der Waals surface area contributed by atoms with Gasteiger partial charge in [-0.1, -0.05) is 24.3 Å². The molecule has 5 heteroatoms. The molecule has 96 valence electrons. The fourth-order valence-corrected chi connectivity index (χ4v) is 2.00. The first-order chi connectivity index (χ1) is 8.81. The van der Waals surface area contributed by atoms with E-state index in [-0.39, 0.29) is 5.38 Å². The van der Waals surface area contributed by atoms with Crippen LogP contribution in [0.15, 0.2) is 30.5 Å². The van der Waals surface area contributed by atoms with Crippen molar-refractivity contribution < 1.29 is 4.74 Å². The first-order valence-corrected chi connectivity index (χ1v) is 6.32. The van der Waals surface area contributed by atoms with Gasteiger partial charge in [0.25, 0.3) is 0 Å². The predicted octanol–water partition coefficient (Wildman–Crippen LogP) is 2.69. The number of methoxy groups -OCH3 is 1. The van der Waals surface area contributed by atoms with E-state index in [2.05, 4.69) is 15.5 Å². The summed E-state index contributed by atoms with van der Waals surface area (Å²) in [6.07, 6.45) is 2.58. The molecule has 1 unspecified atom stereocenters. The topological polar surface area (TPSA) is 47.0 Å². The average Bonchev–Trinajstić information content (AvgIpc) is 2.39. The summed E-state index contributed by atoms with van der Waals surface area (Å²) in [6, 6.07) is 8.02. The summed E-state index contributed by atoms with van der Waals surface area (Å²) in [5.74, 6) is 0.800. The maximum absolute atomic E-state index is 6.06. The summed E-state index contributed by atoms with van der Waals surface area (Å²) < 4.78 is 4.99. The summed E-state index contributed by atoms with van der Waals surface area (Å²) in [5.41, 5.74) is 0. The van der Waals surface area contributed by atoms with Crippen LogP contribution in [0, 0.1) is 0 Å². The summed E-state index contributed by atoms with van der Waals surface area (Å²) in [5, 5.41) is 13.5. The number of fused-ring (bicyclic) bond motifs is 1. The van der Waals surface area contributed by atoms with Crippen molar-refractivity contribution in [2.45, 2.75) is 11.8 Å². The van der Waals surface area contributed by atoms with Gasteiger partial charge in [0.15, 0.2) is 5.82 Å². The largest absolute Gasteiger partial charge is 0.383 e. The molecule has 0 aliphatic rings. The first-order valence-electron chi connectivity index (χ1n) is 5.88. The molecule has 0 spiro atoms. The Morgan fingerprint density at radius 3 is 3.06 bits per heavy atom. The molecule has 0 amide bonds. The van der Waals surface area contributed by atoms with Crippen molar-refractivity contribution in [1.82, 2.24) is 10.2 Å². The van der Waals surface area contributed by atoms with Crippen molar-refractivity contribution in [3.8, 4) is 0 Å². The number of halogens is 1. The van der Waals surface area contributed by atoms with Crippen LogP contribution in [0.25, 0.3) is 10.8 Å². The quantitative estimate of drug-likeness (QED) is 0.816. The monoisotopic (exact) mass is 265 g/mol. The van der Waals surface area contributed by atoms with Gasteiger partial charge in [-0.05, 0) is 6.42 Å². The maximum Gasteiger partial charge on any atom is 0.156 e. The van der Waals surface area contributed by atoms with E-state index in [0.717, 1.165) is 29.6 Å². The highest BCUT2D eigenvalue weighted by Gasteiger charge is 2.05. The standard InChI is InChI=1S/C13H16ClN3O/c1-18-9-11(14)6-7-15-13-12-5-3-2-4-10(12)8-16-17-13/h2-5,8,11H,6-7,9H2,1H3,(H,15,17). The van der Waals surface area contributed by atoms with E-state index in [0.29, 0.717) is 6.61 Å². The van der Waals surface area contributed by atoms with Crippen LogP contribution in [0.5, 0.6) is 0 Å². The van der Waals surface area contributed by atoms with Crippen LogP contribution in [0.2, 0.25) is 0 Å². The molecule has 0 saturated carbocycles. The lowest BCUT2D eigenvalue weighted by Crippen LogP contribution is -2.14. The van der Waals surface area contributed by atoms with Crippen LogP contribution < -0.4 is 5.32 Å². The van der Waals surface area contributed by atoms with Gasteiger partial charge >= 0.3 is 0 Å². The fraction of sp³-hybridized carbons (Fsp3) is 0.385. The summed E-state index contributed by atoms with van der Waals surface area (Å²) >= 11 is 6.06. The van der Waals surface area contributed by atoms with Gasteiger partial charge in [0, 0.05) is 24.4 Å². The number of alkyl halides is 1. The molecule has 1 atom stereocenters. The number of benzene rings is 1. The zero-order valence-electron chi connectivity index (χ0n) is 10.3. The lowest BCUT2D eigenvalue weighted by Gasteiger charge is -2.10. The van der Waals surface area contributed by atoms with E-state index in [1.165, 1.54) is 0 Å². The predicted molar refractivity (Wildman–Crippen MR) is 74.2 cm³/mol. The third-order valence-electron chi connectivity index (χ3n) is 2.67. The van der Waals surface area contributed by atoms with Gasteiger partial charge in [-0.2, -0.15) is 5.10 Å². The number of hydrogen-bond acceptors (Lipinski definition) is 4. The normalized spacial score (nSPS) is 12.6. The number of aromatic nitrogens is 2. The second-order valence-electron chi connectivity index (χ2n) is 4.05. The highest BCUT2D eigenvalue weighted by atomic mass is 35.5. The minimum atomic E-state index is 0.0189. The molecule has 4 nitrogen and oxygen atoms in total. The molecular weight excluding hydrogens is 250 g/mol. The Kier molecular flexibility index (Phi) is 4.73. The highest BCUT2D eigenvalue weighted by molar-refractivity contribution is 6.20. The second-order valence-corrected chi connectivity index (χ2v) is 4.67. The Bertz CT molecular complexity index is 501. The molecule has 2 rings (SSSR count). The molecule has 0 fully saturated rings. The van der Waals surface area contributed by atoms with E-state index in [4.69, 9.17) is 16.3 Å². The van der Waals surface area contributed by atoms with Crippen LogP contribution in [0.1, 0.15) is 6.42 Å². The zero-order chi connectivity index (χ0) is 12.8. The number of ether oxygens (including phenoxy) is 1. The summed E-state index contributed by atoms with van der Waals surface area (Å²) in [7, 11) is 1.65. The average molecular weight is 266 g/mol. The van der Waals surface area contributed by atoms with Gasteiger partial charge < -0.3 is 10.1 Å². The minimum absolute atomic E-state index is 0.0189. The van der Waals surface area contributed by atoms with Crippen LogP contribution in [-0.2, 0) is 4.74 Å². The molecule has 0 saturated heterocycles. The van der Waals surface area contributed by atoms with E-state index in [9.17, 15) is 0 Å². The van der Waals surface area contributed by atoms with Gasteiger partial charge in [-0.25, -0.2) is 0 Å². The number of nitrogens with zero attached hydrogens (tertiary/aromatic N) is 2. The molecule has 2 aromatic rings. The van der Waals surface area contributed by atoms with E-state index < -0.39 is 0 Å². The van der Waals surface area contributed by atoms with Crippen LogP contribution in [0.4, 0.5) is 5.82 Å². The molecule has 1 heterocycles. The third kappa shape index (κ3) is 3.31. The molecule has 0 radical (unpaired) electrons. The Morgan fingerprint density at radius 2 is 2.22 bits per heavy atom. The van der Waals surface area contributed by atoms with Gasteiger partial charge in [0.2, 0.25) is 0 Å². The van der Waals surface area contributed by atoms with Crippen molar-refractivity contribution in [3.63, 3.8) is 0 Å². The van der Waals surface area contributed by atoms with Crippen LogP contribution >= 0.6 is 11.6 Å². The molecule has 1 aromatic carbocycles. The van der Waals surface area contributed by atoms with Crippen molar-refractivity contribution in [2.75, 3.05) is 25.6 Å². The summed E-state index contributed by atoms with van der Waals surface area (Å²) in [4.78, 5) is 0. The molecule has 0 aliphatic heterocycles. The molecule has 1 N–H and O–H groups in total. The second kappa shape index (κ2) is 6.52. The molecule has 1 aromatic heterocycles. The maximum atomic E-state index is 6.06. The molecular formula is C13H16ClN3O. The fourth-order valence-electron chi connectivity index (χ4n) is 1.77. The number of rotatable bonds is 6. The minimum Gasteiger partial charge on any atom is -0.383 e. The smallest absolute Gasteiger partial charge is 0.156 e. The Morgan fingerprint density at radius 1 is 1.39 bits per heavy atom. The zero-order valence-corrected chi connectivity index (χ0v) is 11.0.